The number of rotatable bonds is 5. The second-order valence-electron chi connectivity index (χ2n) is 5.22. The van der Waals surface area contributed by atoms with Gasteiger partial charge in [0.15, 0.2) is 5.78 Å². The van der Waals surface area contributed by atoms with Gasteiger partial charge in [0.05, 0.1) is 4.83 Å². The lowest BCUT2D eigenvalue weighted by Crippen LogP contribution is -2.28. The van der Waals surface area contributed by atoms with Crippen molar-refractivity contribution in [1.29, 1.82) is 0 Å². The molecule has 0 saturated carbocycles. The molecule has 108 valence electrons. The van der Waals surface area contributed by atoms with E-state index in [1.807, 2.05) is 30.0 Å². The topological polar surface area (TPSA) is 37.4 Å². The van der Waals surface area contributed by atoms with E-state index >= 15 is 0 Å². The Labute approximate surface area is 128 Å². The molecule has 0 N–H and O–H groups in total. The van der Waals surface area contributed by atoms with E-state index in [4.69, 9.17) is 0 Å². The van der Waals surface area contributed by atoms with Crippen molar-refractivity contribution < 1.29 is 9.59 Å². The fraction of sp³-hybridized carbons (Fsp3) is 0.500. The zero-order chi connectivity index (χ0) is 14.7. The number of halogens is 1. The molecule has 1 amide bonds. The predicted octanol–water partition coefficient (Wildman–Crippen LogP) is 3.73. The van der Waals surface area contributed by atoms with Crippen LogP contribution in [0.5, 0.6) is 0 Å². The van der Waals surface area contributed by atoms with Crippen molar-refractivity contribution in [2.45, 2.75) is 44.4 Å². The van der Waals surface area contributed by atoms with E-state index in [1.54, 1.807) is 0 Å². The Balaban J connectivity index is 2.18. The van der Waals surface area contributed by atoms with Crippen molar-refractivity contribution in [3.05, 3.63) is 29.3 Å². The van der Waals surface area contributed by atoms with Crippen molar-refractivity contribution in [2.75, 3.05) is 11.4 Å². The summed E-state index contributed by atoms with van der Waals surface area (Å²) in [4.78, 5) is 25.8. The first kappa shape index (κ1) is 15.2. The van der Waals surface area contributed by atoms with E-state index in [0.717, 1.165) is 42.6 Å². The predicted molar refractivity (Wildman–Crippen MR) is 84.7 cm³/mol. The van der Waals surface area contributed by atoms with Gasteiger partial charge in [-0.25, -0.2) is 0 Å². The zero-order valence-corrected chi connectivity index (χ0v) is 13.6. The van der Waals surface area contributed by atoms with Gasteiger partial charge in [0.25, 0.3) is 0 Å². The maximum absolute atomic E-state index is 12.1. The third kappa shape index (κ3) is 3.11. The van der Waals surface area contributed by atoms with Crippen LogP contribution in [0.1, 0.15) is 49.0 Å². The van der Waals surface area contributed by atoms with Crippen LogP contribution in [0.2, 0.25) is 0 Å². The van der Waals surface area contributed by atoms with Crippen LogP contribution in [0, 0.1) is 0 Å². The van der Waals surface area contributed by atoms with Crippen molar-refractivity contribution in [3.63, 3.8) is 0 Å². The highest BCUT2D eigenvalue weighted by molar-refractivity contribution is 9.10. The standard InChI is InChI=1S/C16H20BrNO2/c1-3-4-5-15(19)18-9-8-12-10-13(6-7-14(12)18)16(20)11(2)17/h6-7,10-11H,3-5,8-9H2,1-2H3. The molecule has 0 aliphatic carbocycles. The molecule has 1 aromatic carbocycles. The first-order chi connectivity index (χ1) is 9.54. The quantitative estimate of drug-likeness (QED) is 0.606. The Morgan fingerprint density at radius 3 is 2.80 bits per heavy atom. The summed E-state index contributed by atoms with van der Waals surface area (Å²) in [6.45, 7) is 4.65. The number of alkyl halides is 1. The lowest BCUT2D eigenvalue weighted by molar-refractivity contribution is -0.118. The SMILES string of the molecule is CCCCC(=O)N1CCc2cc(C(=O)C(C)Br)ccc21. The van der Waals surface area contributed by atoms with E-state index in [9.17, 15) is 9.59 Å². The number of carbonyl (C=O) groups excluding carboxylic acids is 2. The molecular weight excluding hydrogens is 318 g/mol. The van der Waals surface area contributed by atoms with Gasteiger partial charge in [-0.1, -0.05) is 29.3 Å². The summed E-state index contributed by atoms with van der Waals surface area (Å²) in [5.74, 6) is 0.280. The van der Waals surface area contributed by atoms with Gasteiger partial charge in [-0.3, -0.25) is 9.59 Å². The Morgan fingerprint density at radius 2 is 2.15 bits per heavy atom. The van der Waals surface area contributed by atoms with Crippen LogP contribution in [-0.4, -0.2) is 23.1 Å². The van der Waals surface area contributed by atoms with E-state index in [2.05, 4.69) is 22.9 Å². The third-order valence-electron chi connectivity index (χ3n) is 3.67. The van der Waals surface area contributed by atoms with Crippen molar-refractivity contribution >= 4 is 33.3 Å². The number of unbranched alkanes of at least 4 members (excludes halogenated alkanes) is 1. The summed E-state index contributed by atoms with van der Waals surface area (Å²) in [6, 6.07) is 5.67. The lowest BCUT2D eigenvalue weighted by atomic mass is 10.0. The van der Waals surface area contributed by atoms with Gasteiger partial charge in [0.2, 0.25) is 5.91 Å². The molecule has 1 aromatic rings. The number of Topliss-reactive ketones (excluding diaryl/α,β-unsaturated/α-hetero) is 1. The highest BCUT2D eigenvalue weighted by Gasteiger charge is 2.25. The highest BCUT2D eigenvalue weighted by atomic mass is 79.9. The molecule has 0 aromatic heterocycles. The Kier molecular flexibility index (Phi) is 4.97. The van der Waals surface area contributed by atoms with Crippen LogP contribution < -0.4 is 4.90 Å². The van der Waals surface area contributed by atoms with E-state index in [0.29, 0.717) is 6.42 Å². The summed E-state index contributed by atoms with van der Waals surface area (Å²) >= 11 is 3.31. The molecule has 0 radical (unpaired) electrons. The molecule has 20 heavy (non-hydrogen) atoms. The number of hydrogen-bond acceptors (Lipinski definition) is 2. The molecule has 0 fully saturated rings. The Morgan fingerprint density at radius 1 is 1.40 bits per heavy atom. The van der Waals surface area contributed by atoms with Crippen molar-refractivity contribution in [2.24, 2.45) is 0 Å². The molecule has 0 spiro atoms. The van der Waals surface area contributed by atoms with Crippen LogP contribution in [0.3, 0.4) is 0 Å². The molecule has 1 aliphatic rings. The molecule has 3 nitrogen and oxygen atoms in total. The van der Waals surface area contributed by atoms with Crippen LogP contribution in [0.15, 0.2) is 18.2 Å². The van der Waals surface area contributed by atoms with Gasteiger partial charge in [-0.05, 0) is 43.5 Å². The van der Waals surface area contributed by atoms with Crippen LogP contribution in [-0.2, 0) is 11.2 Å². The maximum Gasteiger partial charge on any atom is 0.226 e. The molecule has 2 rings (SSSR count). The van der Waals surface area contributed by atoms with Gasteiger partial charge in [0.1, 0.15) is 0 Å². The number of hydrogen-bond donors (Lipinski definition) is 0. The summed E-state index contributed by atoms with van der Waals surface area (Å²) in [5, 5.41) is 0. The normalized spacial score (nSPS) is 15.1. The molecule has 0 saturated heterocycles. The number of ketones is 1. The minimum absolute atomic E-state index is 0.0866. The summed E-state index contributed by atoms with van der Waals surface area (Å²) in [6.07, 6.45) is 3.41. The summed E-state index contributed by atoms with van der Waals surface area (Å²) in [5.41, 5.74) is 2.80. The molecule has 4 heteroatoms. The van der Waals surface area contributed by atoms with Gasteiger partial charge in [-0.2, -0.15) is 0 Å². The fourth-order valence-electron chi connectivity index (χ4n) is 2.51. The average Bonchev–Trinajstić information content (AvgIpc) is 2.86. The number of nitrogens with zero attached hydrogens (tertiary/aromatic N) is 1. The molecule has 1 heterocycles. The Hall–Kier alpha value is -1.16. The highest BCUT2D eigenvalue weighted by Crippen LogP contribution is 2.30. The van der Waals surface area contributed by atoms with Gasteiger partial charge in [-0.15, -0.1) is 0 Å². The van der Waals surface area contributed by atoms with E-state index in [1.165, 1.54) is 0 Å². The second kappa shape index (κ2) is 6.53. The minimum Gasteiger partial charge on any atom is -0.312 e. The van der Waals surface area contributed by atoms with E-state index < -0.39 is 0 Å². The average molecular weight is 338 g/mol. The molecule has 1 atom stereocenters. The monoisotopic (exact) mass is 337 g/mol. The van der Waals surface area contributed by atoms with Crippen LogP contribution >= 0.6 is 15.9 Å². The van der Waals surface area contributed by atoms with Gasteiger partial charge < -0.3 is 4.90 Å². The number of amides is 1. The van der Waals surface area contributed by atoms with Crippen molar-refractivity contribution in [3.8, 4) is 0 Å². The third-order valence-corrected chi connectivity index (χ3v) is 4.08. The second-order valence-corrected chi connectivity index (χ2v) is 6.60. The lowest BCUT2D eigenvalue weighted by Gasteiger charge is -2.17. The van der Waals surface area contributed by atoms with Crippen molar-refractivity contribution in [1.82, 2.24) is 0 Å². The number of fused-ring (bicyclic) bond motifs is 1. The molecular formula is C16H20BrNO2. The number of anilines is 1. The minimum atomic E-state index is -0.177. The maximum atomic E-state index is 12.1. The van der Waals surface area contributed by atoms with Crippen LogP contribution in [0.4, 0.5) is 5.69 Å². The molecule has 1 aliphatic heterocycles. The van der Waals surface area contributed by atoms with Crippen LogP contribution in [0.25, 0.3) is 0 Å². The zero-order valence-electron chi connectivity index (χ0n) is 12.0. The first-order valence-electron chi connectivity index (χ1n) is 7.16. The first-order valence-corrected chi connectivity index (χ1v) is 8.07. The molecule has 0 bridgehead atoms. The van der Waals surface area contributed by atoms with Gasteiger partial charge >= 0.3 is 0 Å². The molecule has 1 unspecified atom stereocenters. The largest absolute Gasteiger partial charge is 0.312 e. The fourth-order valence-corrected chi connectivity index (χ4v) is 2.77. The Bertz CT molecular complexity index is 525. The van der Waals surface area contributed by atoms with E-state index in [-0.39, 0.29) is 16.5 Å². The number of benzene rings is 1. The smallest absolute Gasteiger partial charge is 0.226 e. The van der Waals surface area contributed by atoms with Gasteiger partial charge in [0, 0.05) is 24.2 Å². The summed E-state index contributed by atoms with van der Waals surface area (Å²) in [7, 11) is 0. The number of carbonyl (C=O) groups is 2. The summed E-state index contributed by atoms with van der Waals surface area (Å²) < 4.78 is 0.